The summed E-state index contributed by atoms with van der Waals surface area (Å²) in [5.41, 5.74) is 2.46. The Morgan fingerprint density at radius 2 is 2.12 bits per heavy atom. The Morgan fingerprint density at radius 1 is 1.33 bits per heavy atom. The topological polar surface area (TPSA) is 62.2 Å². The van der Waals surface area contributed by atoms with E-state index in [-0.39, 0.29) is 6.03 Å². The van der Waals surface area contributed by atoms with E-state index in [0.29, 0.717) is 12.0 Å². The molecule has 1 atom stereocenters. The second kappa shape index (κ2) is 8.01. The van der Waals surface area contributed by atoms with Gasteiger partial charge in [-0.3, -0.25) is 9.58 Å². The second-order valence-electron chi connectivity index (χ2n) is 7.32. The zero-order chi connectivity index (χ0) is 16.9. The quantitative estimate of drug-likeness (QED) is 0.839. The van der Waals surface area contributed by atoms with Crippen molar-refractivity contribution in [3.8, 4) is 0 Å². The van der Waals surface area contributed by atoms with Crippen molar-refractivity contribution in [3.63, 3.8) is 0 Å². The smallest absolute Gasteiger partial charge is 0.315 e. The van der Waals surface area contributed by atoms with Crippen LogP contribution in [0.3, 0.4) is 0 Å². The number of likely N-dealkylation sites (tertiary alicyclic amines) is 1. The number of nitrogens with one attached hydrogen (secondary N) is 2. The van der Waals surface area contributed by atoms with E-state index in [0.717, 1.165) is 57.7 Å². The standard InChI is InChI=1S/C18H31N5O/c1-3-23-13-16(14(2)21-23)12-22-9-8-15(11-22)10-19-18(24)20-17-6-4-5-7-17/h13,15,17H,3-12H2,1-2H3,(H2,19,20,24)/t15-/m0/s1. The van der Waals surface area contributed by atoms with Gasteiger partial charge < -0.3 is 10.6 Å². The fraction of sp³-hybridized carbons (Fsp3) is 0.778. The monoisotopic (exact) mass is 333 g/mol. The summed E-state index contributed by atoms with van der Waals surface area (Å²) in [7, 11) is 0. The van der Waals surface area contributed by atoms with E-state index in [2.05, 4.69) is 40.7 Å². The number of rotatable bonds is 6. The van der Waals surface area contributed by atoms with Crippen LogP contribution in [0.5, 0.6) is 0 Å². The van der Waals surface area contributed by atoms with Crippen LogP contribution in [-0.4, -0.2) is 46.4 Å². The Balaban J connectivity index is 1.38. The first-order chi connectivity index (χ1) is 11.6. The molecular weight excluding hydrogens is 302 g/mol. The van der Waals surface area contributed by atoms with Crippen LogP contribution in [0.25, 0.3) is 0 Å². The summed E-state index contributed by atoms with van der Waals surface area (Å²) in [5.74, 6) is 0.556. The van der Waals surface area contributed by atoms with Gasteiger partial charge in [-0.1, -0.05) is 12.8 Å². The normalized spacial score (nSPS) is 22.2. The predicted molar refractivity (Wildman–Crippen MR) is 94.8 cm³/mol. The minimum atomic E-state index is 0.0143. The SMILES string of the molecule is CCn1cc(CN2CC[C@@H](CNC(=O)NC3CCCC3)C2)c(C)n1. The Hall–Kier alpha value is -1.56. The van der Waals surface area contributed by atoms with Crippen LogP contribution in [0.4, 0.5) is 4.79 Å². The Morgan fingerprint density at radius 3 is 2.83 bits per heavy atom. The summed E-state index contributed by atoms with van der Waals surface area (Å²) in [4.78, 5) is 14.4. The van der Waals surface area contributed by atoms with Crippen molar-refractivity contribution in [2.45, 2.75) is 65.1 Å². The molecule has 2 N–H and O–H groups in total. The van der Waals surface area contributed by atoms with E-state index in [1.165, 1.54) is 18.4 Å². The molecule has 0 bridgehead atoms. The summed E-state index contributed by atoms with van der Waals surface area (Å²) in [6.07, 6.45) is 8.08. The predicted octanol–water partition coefficient (Wildman–Crippen LogP) is 2.28. The molecule has 1 aliphatic heterocycles. The van der Waals surface area contributed by atoms with Crippen LogP contribution in [0.1, 0.15) is 50.3 Å². The molecule has 134 valence electrons. The van der Waals surface area contributed by atoms with Gasteiger partial charge in [-0.05, 0) is 45.6 Å². The third-order valence-electron chi connectivity index (χ3n) is 5.38. The number of aryl methyl sites for hydroxylation is 2. The summed E-state index contributed by atoms with van der Waals surface area (Å²) in [6.45, 7) is 9.03. The van der Waals surface area contributed by atoms with Gasteiger partial charge in [0.05, 0.1) is 5.69 Å². The highest BCUT2D eigenvalue weighted by atomic mass is 16.2. The maximum Gasteiger partial charge on any atom is 0.315 e. The van der Waals surface area contributed by atoms with Crippen LogP contribution in [0, 0.1) is 12.8 Å². The van der Waals surface area contributed by atoms with E-state index in [4.69, 9.17) is 0 Å². The van der Waals surface area contributed by atoms with Crippen LogP contribution in [0.2, 0.25) is 0 Å². The van der Waals surface area contributed by atoms with Gasteiger partial charge in [0.25, 0.3) is 0 Å². The lowest BCUT2D eigenvalue weighted by Crippen LogP contribution is -2.42. The number of aromatic nitrogens is 2. The minimum absolute atomic E-state index is 0.0143. The molecule has 1 saturated heterocycles. The molecule has 6 nitrogen and oxygen atoms in total. The average molecular weight is 333 g/mol. The van der Waals surface area contributed by atoms with E-state index in [9.17, 15) is 4.79 Å². The summed E-state index contributed by atoms with van der Waals surface area (Å²) >= 11 is 0. The molecule has 1 aromatic heterocycles. The molecule has 0 spiro atoms. The molecule has 1 aromatic rings. The molecule has 0 aromatic carbocycles. The van der Waals surface area contributed by atoms with Crippen molar-refractivity contribution < 1.29 is 4.79 Å². The van der Waals surface area contributed by atoms with Crippen LogP contribution in [-0.2, 0) is 13.1 Å². The van der Waals surface area contributed by atoms with Crippen LogP contribution >= 0.6 is 0 Å². The Bertz CT molecular complexity index is 550. The molecule has 24 heavy (non-hydrogen) atoms. The zero-order valence-corrected chi connectivity index (χ0v) is 15.1. The molecule has 6 heteroatoms. The fourth-order valence-corrected chi connectivity index (χ4v) is 3.88. The average Bonchev–Trinajstić information content (AvgIpc) is 3.29. The van der Waals surface area contributed by atoms with Crippen molar-refractivity contribution >= 4 is 6.03 Å². The van der Waals surface area contributed by atoms with Gasteiger partial charge >= 0.3 is 6.03 Å². The minimum Gasteiger partial charge on any atom is -0.338 e. The fourth-order valence-electron chi connectivity index (χ4n) is 3.88. The molecule has 2 amide bonds. The van der Waals surface area contributed by atoms with Crippen LogP contribution in [0.15, 0.2) is 6.20 Å². The lowest BCUT2D eigenvalue weighted by Gasteiger charge is -2.17. The van der Waals surface area contributed by atoms with E-state index < -0.39 is 0 Å². The number of carbonyl (C=O) groups excluding carboxylic acids is 1. The molecule has 2 aliphatic rings. The lowest BCUT2D eigenvalue weighted by atomic mass is 10.1. The Kier molecular flexibility index (Phi) is 5.76. The molecule has 2 heterocycles. The summed E-state index contributed by atoms with van der Waals surface area (Å²) in [6, 6.07) is 0.406. The highest BCUT2D eigenvalue weighted by molar-refractivity contribution is 5.74. The summed E-state index contributed by atoms with van der Waals surface area (Å²) < 4.78 is 2.01. The third-order valence-corrected chi connectivity index (χ3v) is 5.38. The van der Waals surface area contributed by atoms with Crippen molar-refractivity contribution in [1.82, 2.24) is 25.3 Å². The van der Waals surface area contributed by atoms with Gasteiger partial charge in [-0.25, -0.2) is 4.79 Å². The molecule has 2 fully saturated rings. The van der Waals surface area contributed by atoms with Crippen molar-refractivity contribution in [2.24, 2.45) is 5.92 Å². The number of hydrogen-bond donors (Lipinski definition) is 2. The highest BCUT2D eigenvalue weighted by Crippen LogP contribution is 2.20. The van der Waals surface area contributed by atoms with Gasteiger partial charge in [0.2, 0.25) is 0 Å². The molecule has 0 unspecified atom stereocenters. The van der Waals surface area contributed by atoms with E-state index >= 15 is 0 Å². The molecule has 1 saturated carbocycles. The van der Waals surface area contributed by atoms with E-state index in [1.807, 2.05) is 4.68 Å². The molecule has 0 radical (unpaired) electrons. The maximum absolute atomic E-state index is 12.0. The Labute approximate surface area is 145 Å². The largest absolute Gasteiger partial charge is 0.338 e. The number of carbonyl (C=O) groups is 1. The maximum atomic E-state index is 12.0. The van der Waals surface area contributed by atoms with Gasteiger partial charge in [0.15, 0.2) is 0 Å². The molecular formula is C18H31N5O. The first-order valence-corrected chi connectivity index (χ1v) is 9.43. The zero-order valence-electron chi connectivity index (χ0n) is 15.1. The van der Waals surface area contributed by atoms with Crippen molar-refractivity contribution in [2.75, 3.05) is 19.6 Å². The van der Waals surface area contributed by atoms with Crippen molar-refractivity contribution in [3.05, 3.63) is 17.5 Å². The number of nitrogens with zero attached hydrogens (tertiary/aromatic N) is 3. The third kappa shape index (κ3) is 4.50. The second-order valence-corrected chi connectivity index (χ2v) is 7.32. The van der Waals surface area contributed by atoms with Gasteiger partial charge in [-0.15, -0.1) is 0 Å². The number of hydrogen-bond acceptors (Lipinski definition) is 3. The van der Waals surface area contributed by atoms with Gasteiger partial charge in [-0.2, -0.15) is 5.10 Å². The van der Waals surface area contributed by atoms with Gasteiger partial charge in [0, 0.05) is 44.0 Å². The van der Waals surface area contributed by atoms with E-state index in [1.54, 1.807) is 0 Å². The highest BCUT2D eigenvalue weighted by Gasteiger charge is 2.24. The number of amides is 2. The molecule has 1 aliphatic carbocycles. The summed E-state index contributed by atoms with van der Waals surface area (Å²) in [5, 5.41) is 10.7. The lowest BCUT2D eigenvalue weighted by molar-refractivity contribution is 0.234. The first kappa shape index (κ1) is 17.3. The number of urea groups is 1. The van der Waals surface area contributed by atoms with Crippen LogP contribution < -0.4 is 10.6 Å². The van der Waals surface area contributed by atoms with Crippen molar-refractivity contribution in [1.29, 1.82) is 0 Å². The first-order valence-electron chi connectivity index (χ1n) is 9.43. The molecule has 3 rings (SSSR count). The van der Waals surface area contributed by atoms with Gasteiger partial charge in [0.1, 0.15) is 0 Å².